The van der Waals surface area contributed by atoms with E-state index in [-0.39, 0.29) is 19.6 Å². The van der Waals surface area contributed by atoms with Crippen LogP contribution in [0.1, 0.15) is 31.9 Å². The van der Waals surface area contributed by atoms with Gasteiger partial charge in [-0.05, 0) is 38.0 Å². The van der Waals surface area contributed by atoms with Gasteiger partial charge in [0.25, 0.3) is 0 Å². The van der Waals surface area contributed by atoms with E-state index in [0.717, 1.165) is 11.6 Å². The Labute approximate surface area is 185 Å². The number of esters is 2. The van der Waals surface area contributed by atoms with Crippen molar-refractivity contribution in [1.82, 2.24) is 0 Å². The zero-order valence-corrected chi connectivity index (χ0v) is 18.2. The van der Waals surface area contributed by atoms with Crippen LogP contribution in [0.5, 0.6) is 0 Å². The maximum Gasteiger partial charge on any atom is 0.423 e. The third kappa shape index (κ3) is 9.34. The van der Waals surface area contributed by atoms with Crippen molar-refractivity contribution in [3.8, 4) is 0 Å². The van der Waals surface area contributed by atoms with Gasteiger partial charge in [-0.3, -0.25) is 0 Å². The van der Waals surface area contributed by atoms with Crippen LogP contribution in [0.3, 0.4) is 0 Å². The van der Waals surface area contributed by atoms with E-state index in [9.17, 15) is 27.9 Å². The zero-order valence-electron chi connectivity index (χ0n) is 18.2. The molecule has 174 valence electrons. The molecule has 0 heterocycles. The third-order valence-corrected chi connectivity index (χ3v) is 4.02. The fraction of sp³-hybridized carbons (Fsp3) is 0.333. The van der Waals surface area contributed by atoms with Crippen molar-refractivity contribution in [3.63, 3.8) is 0 Å². The second-order valence-corrected chi connectivity index (χ2v) is 6.84. The number of rotatable bonds is 7. The highest BCUT2D eigenvalue weighted by Gasteiger charge is 2.39. The smallest absolute Gasteiger partial charge is 0.423 e. The number of halogens is 3. The van der Waals surface area contributed by atoms with Crippen LogP contribution in [0.25, 0.3) is 6.08 Å². The molecular formula is C24H27F3O5. The van der Waals surface area contributed by atoms with Gasteiger partial charge >= 0.3 is 18.1 Å². The average Bonchev–Trinajstić information content (AvgIpc) is 2.73. The maximum atomic E-state index is 12.6. The highest BCUT2D eigenvalue weighted by Crippen LogP contribution is 2.28. The van der Waals surface area contributed by atoms with Gasteiger partial charge < -0.3 is 14.6 Å². The molecule has 0 aliphatic rings. The summed E-state index contributed by atoms with van der Waals surface area (Å²) in [5.41, 5.74) is -1.54. The van der Waals surface area contributed by atoms with Crippen LogP contribution in [0.2, 0.25) is 0 Å². The van der Waals surface area contributed by atoms with Crippen LogP contribution < -0.4 is 0 Å². The van der Waals surface area contributed by atoms with E-state index in [1.165, 1.54) is 26.0 Å². The van der Waals surface area contributed by atoms with Gasteiger partial charge in [0.2, 0.25) is 0 Å². The number of hydrogen-bond acceptors (Lipinski definition) is 5. The molecule has 0 saturated carbocycles. The Hall–Kier alpha value is -3.13. The number of ether oxygens (including phenoxy) is 2. The Morgan fingerprint density at radius 2 is 1.41 bits per heavy atom. The van der Waals surface area contributed by atoms with Gasteiger partial charge in [-0.15, -0.1) is 0 Å². The Morgan fingerprint density at radius 1 is 0.906 bits per heavy atom. The quantitative estimate of drug-likeness (QED) is 0.485. The van der Waals surface area contributed by atoms with Crippen LogP contribution in [0.15, 0.2) is 66.2 Å². The summed E-state index contributed by atoms with van der Waals surface area (Å²) in [6, 6.07) is 17.2. The molecule has 2 aromatic rings. The number of alkyl halides is 3. The SMILES string of the molecule is CCOC(=O)C(=Cc1ccccc1)C(F)(F)F.CCOC(=O)C(C)(O)Cc1ccccc1. The number of aliphatic hydroxyl groups is 1. The topological polar surface area (TPSA) is 72.8 Å². The molecule has 1 N–H and O–H groups in total. The van der Waals surface area contributed by atoms with Crippen molar-refractivity contribution >= 4 is 18.0 Å². The van der Waals surface area contributed by atoms with E-state index in [4.69, 9.17) is 4.74 Å². The van der Waals surface area contributed by atoms with E-state index in [1.807, 2.05) is 30.3 Å². The maximum absolute atomic E-state index is 12.6. The summed E-state index contributed by atoms with van der Waals surface area (Å²) in [4.78, 5) is 22.6. The molecule has 8 heteroatoms. The molecule has 32 heavy (non-hydrogen) atoms. The van der Waals surface area contributed by atoms with Gasteiger partial charge in [-0.25, -0.2) is 9.59 Å². The summed E-state index contributed by atoms with van der Waals surface area (Å²) < 4.78 is 47.0. The van der Waals surface area contributed by atoms with Gasteiger partial charge in [0.05, 0.1) is 13.2 Å². The normalized spacial score (nSPS) is 13.3. The van der Waals surface area contributed by atoms with Gasteiger partial charge in [-0.1, -0.05) is 60.7 Å². The van der Waals surface area contributed by atoms with Crippen LogP contribution >= 0.6 is 0 Å². The fourth-order valence-corrected chi connectivity index (χ4v) is 2.53. The van der Waals surface area contributed by atoms with Crippen LogP contribution in [-0.2, 0) is 25.5 Å². The molecule has 1 unspecified atom stereocenters. The minimum absolute atomic E-state index is 0.0962. The highest BCUT2D eigenvalue weighted by molar-refractivity contribution is 5.95. The molecule has 5 nitrogen and oxygen atoms in total. The molecule has 0 aliphatic carbocycles. The molecule has 1 atom stereocenters. The zero-order chi connectivity index (χ0) is 24.2. The summed E-state index contributed by atoms with van der Waals surface area (Å²) in [6.07, 6.45) is -3.67. The number of benzene rings is 2. The second-order valence-electron chi connectivity index (χ2n) is 6.84. The minimum Gasteiger partial charge on any atom is -0.464 e. The van der Waals surface area contributed by atoms with Crippen molar-refractivity contribution in [3.05, 3.63) is 77.4 Å². The van der Waals surface area contributed by atoms with E-state index in [2.05, 4.69) is 4.74 Å². The Balaban J connectivity index is 0.000000323. The lowest BCUT2D eigenvalue weighted by atomic mass is 9.97. The standard InChI is InChI=1S/C12H11F3O2.C12H16O3/c1-2-17-11(16)10(12(13,14)15)8-9-6-4-3-5-7-9;1-3-15-11(13)12(2,14)9-10-7-5-4-6-8-10/h3-8H,2H2,1H3;4-8,14H,3,9H2,1-2H3. The van der Waals surface area contributed by atoms with Gasteiger partial charge in [0.15, 0.2) is 5.60 Å². The van der Waals surface area contributed by atoms with E-state index in [0.29, 0.717) is 5.56 Å². The van der Waals surface area contributed by atoms with Gasteiger partial charge in [0.1, 0.15) is 5.57 Å². The monoisotopic (exact) mass is 452 g/mol. The van der Waals surface area contributed by atoms with Gasteiger partial charge in [0, 0.05) is 6.42 Å². The molecule has 0 aliphatic heterocycles. The first-order chi connectivity index (χ1) is 15.0. The second kappa shape index (κ2) is 12.7. The van der Waals surface area contributed by atoms with Crippen molar-refractivity contribution < 1.29 is 37.3 Å². The Bertz CT molecular complexity index is 876. The average molecular weight is 452 g/mol. The van der Waals surface area contributed by atoms with E-state index >= 15 is 0 Å². The van der Waals surface area contributed by atoms with E-state index in [1.54, 1.807) is 25.1 Å². The van der Waals surface area contributed by atoms with Crippen molar-refractivity contribution in [2.75, 3.05) is 13.2 Å². The summed E-state index contributed by atoms with van der Waals surface area (Å²) >= 11 is 0. The molecule has 0 fully saturated rings. The molecule has 2 aromatic carbocycles. The predicted molar refractivity (Wildman–Crippen MR) is 115 cm³/mol. The molecule has 0 radical (unpaired) electrons. The summed E-state index contributed by atoms with van der Waals surface area (Å²) in [6.45, 7) is 4.83. The van der Waals surface area contributed by atoms with Crippen molar-refractivity contribution in [1.29, 1.82) is 0 Å². The highest BCUT2D eigenvalue weighted by atomic mass is 19.4. The number of carbonyl (C=O) groups is 2. The lowest BCUT2D eigenvalue weighted by Crippen LogP contribution is -2.39. The molecular weight excluding hydrogens is 425 g/mol. The first-order valence-electron chi connectivity index (χ1n) is 9.95. The van der Waals surface area contributed by atoms with Crippen molar-refractivity contribution in [2.45, 2.75) is 39.0 Å². The van der Waals surface area contributed by atoms with Crippen molar-refractivity contribution in [2.24, 2.45) is 0 Å². The predicted octanol–water partition coefficient (Wildman–Crippen LogP) is 4.74. The van der Waals surface area contributed by atoms with Crippen LogP contribution in [0.4, 0.5) is 13.2 Å². The molecule has 2 rings (SSSR count). The molecule has 0 amide bonds. The summed E-state index contributed by atoms with van der Waals surface area (Å²) in [7, 11) is 0. The van der Waals surface area contributed by atoms with E-state index < -0.39 is 29.3 Å². The molecule has 0 saturated heterocycles. The summed E-state index contributed by atoms with van der Waals surface area (Å²) in [5, 5.41) is 9.89. The Morgan fingerprint density at radius 3 is 1.88 bits per heavy atom. The molecule has 0 bridgehead atoms. The fourth-order valence-electron chi connectivity index (χ4n) is 2.53. The molecule has 0 spiro atoms. The molecule has 0 aromatic heterocycles. The largest absolute Gasteiger partial charge is 0.464 e. The Kier molecular flexibility index (Phi) is 10.6. The number of hydrogen-bond donors (Lipinski definition) is 1. The lowest BCUT2D eigenvalue weighted by Gasteiger charge is -2.20. The number of carbonyl (C=O) groups excluding carboxylic acids is 2. The third-order valence-electron chi connectivity index (χ3n) is 4.02. The summed E-state index contributed by atoms with van der Waals surface area (Å²) in [5.74, 6) is -1.93. The first kappa shape index (κ1) is 26.9. The first-order valence-corrected chi connectivity index (χ1v) is 9.95. The van der Waals surface area contributed by atoms with Crippen LogP contribution in [-0.4, -0.2) is 42.0 Å². The van der Waals surface area contributed by atoms with Gasteiger partial charge in [-0.2, -0.15) is 13.2 Å². The lowest BCUT2D eigenvalue weighted by molar-refractivity contribution is -0.163. The van der Waals surface area contributed by atoms with Crippen LogP contribution in [0, 0.1) is 0 Å². The minimum atomic E-state index is -4.72.